The van der Waals surface area contributed by atoms with Crippen LogP contribution in [-0.4, -0.2) is 27.2 Å². The zero-order chi connectivity index (χ0) is 18.5. The number of nitrogens with zero attached hydrogens (tertiary/aromatic N) is 2. The fourth-order valence-corrected chi connectivity index (χ4v) is 2.92. The van der Waals surface area contributed by atoms with Crippen LogP contribution in [0.5, 0.6) is 11.5 Å². The SMILES string of the molecule is Cn1c(CCNC(=O)c2ccccc2Oc2cccc(Br)c2)n[nH]c1=S. The smallest absolute Gasteiger partial charge is 0.255 e. The molecule has 0 aliphatic heterocycles. The van der Waals surface area contributed by atoms with Gasteiger partial charge in [-0.1, -0.05) is 34.1 Å². The minimum absolute atomic E-state index is 0.201. The first-order valence-electron chi connectivity index (χ1n) is 7.95. The molecule has 0 atom stereocenters. The van der Waals surface area contributed by atoms with E-state index in [0.29, 0.717) is 34.8 Å². The number of benzene rings is 2. The normalized spacial score (nSPS) is 10.5. The Morgan fingerprint density at radius 3 is 2.85 bits per heavy atom. The van der Waals surface area contributed by atoms with Crippen molar-refractivity contribution in [1.82, 2.24) is 20.1 Å². The van der Waals surface area contributed by atoms with Crippen molar-refractivity contribution in [3.05, 3.63) is 69.2 Å². The number of H-pyrrole nitrogens is 1. The molecular formula is C18H17BrN4O2S. The van der Waals surface area contributed by atoms with Crippen molar-refractivity contribution >= 4 is 34.1 Å². The lowest BCUT2D eigenvalue weighted by Crippen LogP contribution is -2.26. The number of para-hydroxylation sites is 1. The average Bonchev–Trinajstić information content (AvgIpc) is 2.94. The van der Waals surface area contributed by atoms with Crippen molar-refractivity contribution in [1.29, 1.82) is 0 Å². The number of aromatic amines is 1. The van der Waals surface area contributed by atoms with E-state index in [4.69, 9.17) is 17.0 Å². The maximum absolute atomic E-state index is 12.5. The van der Waals surface area contributed by atoms with Gasteiger partial charge < -0.3 is 14.6 Å². The second-order valence-corrected chi connectivity index (χ2v) is 6.87. The summed E-state index contributed by atoms with van der Waals surface area (Å²) in [6.45, 7) is 0.442. The van der Waals surface area contributed by atoms with E-state index in [1.54, 1.807) is 22.8 Å². The van der Waals surface area contributed by atoms with Crippen molar-refractivity contribution < 1.29 is 9.53 Å². The van der Waals surface area contributed by atoms with Gasteiger partial charge in [0.1, 0.15) is 17.3 Å². The Morgan fingerprint density at radius 1 is 1.31 bits per heavy atom. The van der Waals surface area contributed by atoms with E-state index in [9.17, 15) is 4.79 Å². The highest BCUT2D eigenvalue weighted by atomic mass is 79.9. The van der Waals surface area contributed by atoms with E-state index in [1.807, 2.05) is 37.4 Å². The highest BCUT2D eigenvalue weighted by molar-refractivity contribution is 9.10. The zero-order valence-electron chi connectivity index (χ0n) is 14.0. The maximum Gasteiger partial charge on any atom is 0.255 e. The molecule has 26 heavy (non-hydrogen) atoms. The summed E-state index contributed by atoms with van der Waals surface area (Å²) in [7, 11) is 1.84. The highest BCUT2D eigenvalue weighted by Crippen LogP contribution is 2.27. The quantitative estimate of drug-likeness (QED) is 0.577. The summed E-state index contributed by atoms with van der Waals surface area (Å²) in [4.78, 5) is 12.5. The molecule has 0 spiro atoms. The van der Waals surface area contributed by atoms with Gasteiger partial charge in [-0.25, -0.2) is 0 Å². The summed E-state index contributed by atoms with van der Waals surface area (Å²) in [6, 6.07) is 14.6. The lowest BCUT2D eigenvalue weighted by atomic mass is 10.2. The summed E-state index contributed by atoms with van der Waals surface area (Å²) < 4.78 is 9.12. The molecule has 0 radical (unpaired) electrons. The summed E-state index contributed by atoms with van der Waals surface area (Å²) in [6.07, 6.45) is 0.573. The molecule has 134 valence electrons. The Morgan fingerprint density at radius 2 is 2.12 bits per heavy atom. The van der Waals surface area contributed by atoms with Gasteiger partial charge in [0.15, 0.2) is 4.77 Å². The summed E-state index contributed by atoms with van der Waals surface area (Å²) in [5.74, 6) is 1.74. The number of carbonyl (C=O) groups is 1. The van der Waals surface area contributed by atoms with Crippen LogP contribution in [0, 0.1) is 4.77 Å². The Balaban J connectivity index is 1.67. The molecule has 0 saturated carbocycles. The topological polar surface area (TPSA) is 71.9 Å². The van der Waals surface area contributed by atoms with Crippen LogP contribution in [0.3, 0.4) is 0 Å². The molecule has 1 aromatic heterocycles. The minimum Gasteiger partial charge on any atom is -0.456 e. The number of carbonyl (C=O) groups excluding carboxylic acids is 1. The molecule has 0 unspecified atom stereocenters. The molecule has 0 fully saturated rings. The van der Waals surface area contributed by atoms with Crippen molar-refractivity contribution in [2.24, 2.45) is 7.05 Å². The summed E-state index contributed by atoms with van der Waals surface area (Å²) >= 11 is 8.49. The molecule has 0 aliphatic carbocycles. The molecular weight excluding hydrogens is 416 g/mol. The summed E-state index contributed by atoms with van der Waals surface area (Å²) in [5.41, 5.74) is 0.475. The fourth-order valence-electron chi connectivity index (χ4n) is 2.39. The number of nitrogens with one attached hydrogen (secondary N) is 2. The van der Waals surface area contributed by atoms with Gasteiger partial charge in [-0.2, -0.15) is 5.10 Å². The number of rotatable bonds is 6. The number of aromatic nitrogens is 3. The molecule has 3 rings (SSSR count). The molecule has 3 aromatic rings. The van der Waals surface area contributed by atoms with Crippen molar-refractivity contribution in [2.45, 2.75) is 6.42 Å². The van der Waals surface area contributed by atoms with Crippen LogP contribution >= 0.6 is 28.1 Å². The highest BCUT2D eigenvalue weighted by Gasteiger charge is 2.13. The van der Waals surface area contributed by atoms with Gasteiger partial charge in [-0.3, -0.25) is 9.89 Å². The van der Waals surface area contributed by atoms with Crippen LogP contribution in [0.25, 0.3) is 0 Å². The van der Waals surface area contributed by atoms with Crippen LogP contribution in [0.1, 0.15) is 16.2 Å². The maximum atomic E-state index is 12.5. The van der Waals surface area contributed by atoms with Gasteiger partial charge in [-0.15, -0.1) is 0 Å². The minimum atomic E-state index is -0.201. The van der Waals surface area contributed by atoms with Gasteiger partial charge in [-0.05, 0) is 42.5 Å². The third-order valence-electron chi connectivity index (χ3n) is 3.76. The number of hydrogen-bond donors (Lipinski definition) is 2. The standard InChI is InChI=1S/C18H17BrN4O2S/c1-23-16(21-22-18(23)26)9-10-20-17(24)14-7-2-3-8-15(14)25-13-6-4-5-12(19)11-13/h2-8,11H,9-10H2,1H3,(H,20,24)(H,22,26). The molecule has 2 N–H and O–H groups in total. The lowest BCUT2D eigenvalue weighted by Gasteiger charge is -2.11. The Hall–Kier alpha value is -2.45. The Bertz CT molecular complexity index is 983. The number of ether oxygens (including phenoxy) is 1. The number of amides is 1. The van der Waals surface area contributed by atoms with E-state index in [-0.39, 0.29) is 5.91 Å². The molecule has 8 heteroatoms. The lowest BCUT2D eigenvalue weighted by molar-refractivity contribution is 0.0951. The van der Waals surface area contributed by atoms with E-state index in [2.05, 4.69) is 31.4 Å². The third-order valence-corrected chi connectivity index (χ3v) is 4.62. The van der Waals surface area contributed by atoms with Crippen LogP contribution in [0.15, 0.2) is 53.0 Å². The second kappa shape index (κ2) is 8.29. The molecule has 2 aromatic carbocycles. The first-order chi connectivity index (χ1) is 12.5. The van der Waals surface area contributed by atoms with Gasteiger partial charge in [0.05, 0.1) is 5.56 Å². The molecule has 0 aliphatic rings. The molecule has 1 amide bonds. The first kappa shape index (κ1) is 18.3. The zero-order valence-corrected chi connectivity index (χ0v) is 16.4. The fraction of sp³-hybridized carbons (Fsp3) is 0.167. The Kier molecular flexibility index (Phi) is 5.85. The van der Waals surface area contributed by atoms with E-state index in [1.165, 1.54) is 0 Å². The van der Waals surface area contributed by atoms with Gasteiger partial charge in [0, 0.05) is 24.5 Å². The average molecular weight is 433 g/mol. The van der Waals surface area contributed by atoms with Crippen LogP contribution in [0.4, 0.5) is 0 Å². The predicted molar refractivity (Wildman–Crippen MR) is 105 cm³/mol. The van der Waals surface area contributed by atoms with E-state index in [0.717, 1.165) is 10.3 Å². The van der Waals surface area contributed by atoms with Crippen LogP contribution < -0.4 is 10.1 Å². The van der Waals surface area contributed by atoms with Gasteiger partial charge in [0.25, 0.3) is 5.91 Å². The van der Waals surface area contributed by atoms with Crippen LogP contribution in [-0.2, 0) is 13.5 Å². The van der Waals surface area contributed by atoms with Gasteiger partial charge >= 0.3 is 0 Å². The van der Waals surface area contributed by atoms with E-state index >= 15 is 0 Å². The monoisotopic (exact) mass is 432 g/mol. The predicted octanol–water partition coefficient (Wildman–Crippen LogP) is 4.00. The van der Waals surface area contributed by atoms with Gasteiger partial charge in [0.2, 0.25) is 0 Å². The second-order valence-electron chi connectivity index (χ2n) is 5.57. The Labute approximate surface area is 164 Å². The molecule has 6 nitrogen and oxygen atoms in total. The molecule has 0 bridgehead atoms. The van der Waals surface area contributed by atoms with Crippen molar-refractivity contribution in [3.63, 3.8) is 0 Å². The molecule has 0 saturated heterocycles. The first-order valence-corrected chi connectivity index (χ1v) is 9.15. The van der Waals surface area contributed by atoms with Crippen molar-refractivity contribution in [3.8, 4) is 11.5 Å². The summed E-state index contributed by atoms with van der Waals surface area (Å²) in [5, 5.41) is 9.75. The third kappa shape index (κ3) is 4.39. The van der Waals surface area contributed by atoms with E-state index < -0.39 is 0 Å². The van der Waals surface area contributed by atoms with Crippen LogP contribution in [0.2, 0.25) is 0 Å². The largest absolute Gasteiger partial charge is 0.456 e. The number of hydrogen-bond acceptors (Lipinski definition) is 4. The number of halogens is 1. The van der Waals surface area contributed by atoms with Crippen molar-refractivity contribution in [2.75, 3.05) is 6.54 Å². The molecule has 1 heterocycles.